The SMILES string of the molecule is COCCN1C(=O)C(=O)C(=C(O)c2ccc(OCC(C)C)cc2)C1c1ccc(F)cc1. The number of carbonyl (C=O) groups excluding carboxylic acids is 2. The number of hydrogen-bond acceptors (Lipinski definition) is 5. The van der Waals surface area contributed by atoms with Crippen LogP contribution >= 0.6 is 0 Å². The molecule has 1 N–H and O–H groups in total. The molecule has 1 amide bonds. The van der Waals surface area contributed by atoms with E-state index in [4.69, 9.17) is 9.47 Å². The summed E-state index contributed by atoms with van der Waals surface area (Å²) < 4.78 is 24.2. The summed E-state index contributed by atoms with van der Waals surface area (Å²) in [5.41, 5.74) is 0.868. The molecule has 2 aromatic rings. The van der Waals surface area contributed by atoms with Crippen LogP contribution in [0.1, 0.15) is 31.0 Å². The smallest absolute Gasteiger partial charge is 0.295 e. The zero-order chi connectivity index (χ0) is 22.5. The van der Waals surface area contributed by atoms with Gasteiger partial charge in [0, 0.05) is 19.2 Å². The van der Waals surface area contributed by atoms with Gasteiger partial charge in [0.2, 0.25) is 0 Å². The van der Waals surface area contributed by atoms with Crippen LogP contribution in [-0.4, -0.2) is 48.6 Å². The second-order valence-electron chi connectivity index (χ2n) is 7.77. The molecular formula is C24H26FNO5. The van der Waals surface area contributed by atoms with Gasteiger partial charge in [0.1, 0.15) is 17.3 Å². The van der Waals surface area contributed by atoms with Gasteiger partial charge in [0.25, 0.3) is 11.7 Å². The van der Waals surface area contributed by atoms with Gasteiger partial charge in [-0.25, -0.2) is 4.39 Å². The molecule has 0 radical (unpaired) electrons. The van der Waals surface area contributed by atoms with Gasteiger partial charge in [-0.2, -0.15) is 0 Å². The third-order valence-electron chi connectivity index (χ3n) is 4.97. The number of methoxy groups -OCH3 is 1. The first kappa shape index (κ1) is 22.5. The molecule has 1 atom stereocenters. The number of Topliss-reactive ketones (excluding diaryl/α,β-unsaturated/α-hetero) is 1. The van der Waals surface area contributed by atoms with Gasteiger partial charge in [-0.3, -0.25) is 9.59 Å². The Bertz CT molecular complexity index is 966. The van der Waals surface area contributed by atoms with Crippen LogP contribution in [0.3, 0.4) is 0 Å². The Morgan fingerprint density at radius 1 is 1.10 bits per heavy atom. The van der Waals surface area contributed by atoms with Crippen molar-refractivity contribution in [2.45, 2.75) is 19.9 Å². The minimum absolute atomic E-state index is 0.0384. The number of aliphatic hydroxyl groups excluding tert-OH is 1. The number of carbonyl (C=O) groups is 2. The van der Waals surface area contributed by atoms with Gasteiger partial charge in [-0.15, -0.1) is 0 Å². The monoisotopic (exact) mass is 427 g/mol. The third-order valence-corrected chi connectivity index (χ3v) is 4.97. The molecule has 6 nitrogen and oxygen atoms in total. The summed E-state index contributed by atoms with van der Waals surface area (Å²) >= 11 is 0. The lowest BCUT2D eigenvalue weighted by atomic mass is 9.95. The van der Waals surface area contributed by atoms with E-state index in [1.54, 1.807) is 24.3 Å². The molecule has 1 unspecified atom stereocenters. The van der Waals surface area contributed by atoms with Crippen molar-refractivity contribution < 1.29 is 28.6 Å². The number of likely N-dealkylation sites (tertiary alicyclic amines) is 1. The van der Waals surface area contributed by atoms with Crippen LogP contribution < -0.4 is 4.74 Å². The molecule has 31 heavy (non-hydrogen) atoms. The Labute approximate surface area is 180 Å². The average molecular weight is 427 g/mol. The summed E-state index contributed by atoms with van der Waals surface area (Å²) in [7, 11) is 1.49. The van der Waals surface area contributed by atoms with Gasteiger partial charge in [-0.1, -0.05) is 26.0 Å². The van der Waals surface area contributed by atoms with Crippen LogP contribution in [0.5, 0.6) is 5.75 Å². The molecule has 7 heteroatoms. The highest BCUT2D eigenvalue weighted by Crippen LogP contribution is 2.39. The van der Waals surface area contributed by atoms with Gasteiger partial charge < -0.3 is 19.5 Å². The number of ether oxygens (including phenoxy) is 2. The van der Waals surface area contributed by atoms with E-state index in [9.17, 15) is 19.1 Å². The molecule has 164 valence electrons. The Hall–Kier alpha value is -3.19. The fraction of sp³-hybridized carbons (Fsp3) is 0.333. The summed E-state index contributed by atoms with van der Waals surface area (Å²) in [4.78, 5) is 26.9. The van der Waals surface area contributed by atoms with Gasteiger partial charge in [-0.05, 0) is 47.9 Å². The van der Waals surface area contributed by atoms with E-state index in [-0.39, 0.29) is 24.5 Å². The van der Waals surface area contributed by atoms with Crippen molar-refractivity contribution in [3.8, 4) is 5.75 Å². The van der Waals surface area contributed by atoms with Crippen molar-refractivity contribution in [1.29, 1.82) is 0 Å². The number of hydrogen-bond donors (Lipinski definition) is 1. The van der Waals surface area contributed by atoms with Crippen molar-refractivity contribution in [3.05, 3.63) is 71.0 Å². The highest BCUT2D eigenvalue weighted by Gasteiger charge is 2.45. The van der Waals surface area contributed by atoms with Crippen molar-refractivity contribution >= 4 is 17.4 Å². The van der Waals surface area contributed by atoms with Crippen molar-refractivity contribution in [2.75, 3.05) is 26.9 Å². The van der Waals surface area contributed by atoms with E-state index in [0.29, 0.717) is 29.4 Å². The van der Waals surface area contributed by atoms with Crippen LogP contribution in [0.4, 0.5) is 4.39 Å². The van der Waals surface area contributed by atoms with Gasteiger partial charge >= 0.3 is 0 Å². The minimum Gasteiger partial charge on any atom is -0.507 e. The lowest BCUT2D eigenvalue weighted by molar-refractivity contribution is -0.140. The molecule has 1 saturated heterocycles. The molecule has 0 spiro atoms. The van der Waals surface area contributed by atoms with E-state index in [2.05, 4.69) is 0 Å². The summed E-state index contributed by atoms with van der Waals surface area (Å²) in [6.45, 7) is 5.01. The van der Waals surface area contributed by atoms with Crippen molar-refractivity contribution in [3.63, 3.8) is 0 Å². The first-order valence-electron chi connectivity index (χ1n) is 10.1. The van der Waals surface area contributed by atoms with Crippen LogP contribution in [0.2, 0.25) is 0 Å². The topological polar surface area (TPSA) is 76.1 Å². The Balaban J connectivity index is 2.02. The van der Waals surface area contributed by atoms with Crippen molar-refractivity contribution in [2.24, 2.45) is 5.92 Å². The Kier molecular flexibility index (Phi) is 7.07. The summed E-state index contributed by atoms with van der Waals surface area (Å²) in [6.07, 6.45) is 0. The number of aliphatic hydroxyl groups is 1. The number of ketones is 1. The first-order chi connectivity index (χ1) is 14.8. The highest BCUT2D eigenvalue weighted by atomic mass is 19.1. The zero-order valence-corrected chi connectivity index (χ0v) is 17.8. The maximum Gasteiger partial charge on any atom is 0.295 e. The fourth-order valence-electron chi connectivity index (χ4n) is 3.42. The van der Waals surface area contributed by atoms with E-state index in [1.165, 1.54) is 36.3 Å². The molecule has 0 saturated carbocycles. The third kappa shape index (κ3) is 4.94. The van der Waals surface area contributed by atoms with E-state index in [0.717, 1.165) is 0 Å². The Morgan fingerprint density at radius 2 is 1.74 bits per heavy atom. The average Bonchev–Trinajstić information content (AvgIpc) is 3.01. The fourth-order valence-corrected chi connectivity index (χ4v) is 3.42. The number of nitrogens with zero attached hydrogens (tertiary/aromatic N) is 1. The Morgan fingerprint density at radius 3 is 2.32 bits per heavy atom. The van der Waals surface area contributed by atoms with Crippen LogP contribution in [0.15, 0.2) is 54.1 Å². The number of benzene rings is 2. The number of halogens is 1. The number of rotatable bonds is 8. The maximum atomic E-state index is 13.5. The zero-order valence-electron chi connectivity index (χ0n) is 17.8. The van der Waals surface area contributed by atoms with E-state index >= 15 is 0 Å². The standard InChI is InChI=1S/C24H26FNO5/c1-15(2)14-31-19-10-6-17(7-11-19)22(27)20-21(16-4-8-18(25)9-5-16)26(12-13-30-3)24(29)23(20)28/h4-11,15,21,27H,12-14H2,1-3H3. The lowest BCUT2D eigenvalue weighted by Crippen LogP contribution is -2.32. The molecule has 1 heterocycles. The summed E-state index contributed by atoms with van der Waals surface area (Å²) in [5.74, 6) is -1.24. The first-order valence-corrected chi connectivity index (χ1v) is 10.1. The summed E-state index contributed by atoms with van der Waals surface area (Å²) in [6, 6.07) is 11.3. The second kappa shape index (κ2) is 9.75. The largest absolute Gasteiger partial charge is 0.507 e. The van der Waals surface area contributed by atoms with Crippen LogP contribution in [-0.2, 0) is 14.3 Å². The summed E-state index contributed by atoms with van der Waals surface area (Å²) in [5, 5.41) is 11.0. The van der Waals surface area contributed by atoms with Gasteiger partial charge in [0.05, 0.1) is 24.8 Å². The van der Waals surface area contributed by atoms with Crippen LogP contribution in [0.25, 0.3) is 5.76 Å². The normalized spacial score (nSPS) is 18.1. The van der Waals surface area contributed by atoms with E-state index < -0.39 is 23.5 Å². The molecule has 1 fully saturated rings. The molecule has 3 rings (SSSR count). The van der Waals surface area contributed by atoms with Crippen molar-refractivity contribution in [1.82, 2.24) is 4.90 Å². The molecular weight excluding hydrogens is 401 g/mol. The molecule has 1 aliphatic rings. The maximum absolute atomic E-state index is 13.5. The van der Waals surface area contributed by atoms with Gasteiger partial charge in [0.15, 0.2) is 0 Å². The molecule has 0 aromatic heterocycles. The molecule has 0 bridgehead atoms. The second-order valence-corrected chi connectivity index (χ2v) is 7.77. The molecule has 0 aliphatic carbocycles. The minimum atomic E-state index is -0.840. The molecule has 1 aliphatic heterocycles. The van der Waals surface area contributed by atoms with Crippen LogP contribution in [0, 0.1) is 11.7 Å². The highest BCUT2D eigenvalue weighted by molar-refractivity contribution is 6.46. The lowest BCUT2D eigenvalue weighted by Gasteiger charge is -2.25. The molecule has 2 aromatic carbocycles. The quantitative estimate of drug-likeness (QED) is 0.393. The predicted molar refractivity (Wildman–Crippen MR) is 114 cm³/mol. The number of amides is 1. The van der Waals surface area contributed by atoms with E-state index in [1.807, 2.05) is 13.8 Å². The predicted octanol–water partition coefficient (Wildman–Crippen LogP) is 3.93.